The first-order valence-corrected chi connectivity index (χ1v) is 6.63. The van der Waals surface area contributed by atoms with Crippen LogP contribution in [0.4, 0.5) is 10.6 Å². The summed E-state index contributed by atoms with van der Waals surface area (Å²) in [4.78, 5) is 17.9. The van der Waals surface area contributed by atoms with Crippen molar-refractivity contribution >= 4 is 11.8 Å². The number of aryl methyl sites for hydroxylation is 1. The number of nitrogens with one attached hydrogen (secondary N) is 1. The SMILES string of the molecule is CCN(CCc1ccncc1)C(=O)Nc1ccnn1C. The van der Waals surface area contributed by atoms with Gasteiger partial charge in [-0.05, 0) is 31.0 Å². The van der Waals surface area contributed by atoms with Crippen molar-refractivity contribution in [3.05, 3.63) is 42.4 Å². The third-order valence-electron chi connectivity index (χ3n) is 3.14. The van der Waals surface area contributed by atoms with Gasteiger partial charge in [0, 0.05) is 38.6 Å². The van der Waals surface area contributed by atoms with E-state index in [9.17, 15) is 4.79 Å². The van der Waals surface area contributed by atoms with E-state index < -0.39 is 0 Å². The normalized spacial score (nSPS) is 10.3. The zero-order valence-electron chi connectivity index (χ0n) is 11.8. The maximum absolute atomic E-state index is 12.2. The van der Waals surface area contributed by atoms with Crippen LogP contribution in [0, 0.1) is 0 Å². The summed E-state index contributed by atoms with van der Waals surface area (Å²) in [6.45, 7) is 3.30. The molecule has 6 nitrogen and oxygen atoms in total. The number of likely N-dealkylation sites (N-methyl/N-ethyl adjacent to an activating group) is 1. The Kier molecular flexibility index (Phi) is 4.70. The Morgan fingerprint density at radius 3 is 2.65 bits per heavy atom. The fourth-order valence-electron chi connectivity index (χ4n) is 1.90. The molecule has 0 saturated heterocycles. The summed E-state index contributed by atoms with van der Waals surface area (Å²) in [6.07, 6.45) is 6.00. The molecule has 2 heterocycles. The molecule has 0 saturated carbocycles. The van der Waals surface area contributed by atoms with Gasteiger partial charge in [0.05, 0.1) is 6.20 Å². The van der Waals surface area contributed by atoms with Gasteiger partial charge in [0.1, 0.15) is 5.82 Å². The maximum atomic E-state index is 12.2. The highest BCUT2D eigenvalue weighted by molar-refractivity contribution is 5.88. The largest absolute Gasteiger partial charge is 0.324 e. The molecular formula is C14H19N5O. The molecule has 106 valence electrons. The van der Waals surface area contributed by atoms with Gasteiger partial charge < -0.3 is 4.90 Å². The van der Waals surface area contributed by atoms with Crippen LogP contribution in [0.3, 0.4) is 0 Å². The van der Waals surface area contributed by atoms with Gasteiger partial charge >= 0.3 is 6.03 Å². The molecule has 0 atom stereocenters. The van der Waals surface area contributed by atoms with Crippen LogP contribution in [0.25, 0.3) is 0 Å². The van der Waals surface area contributed by atoms with Crippen LogP contribution in [0.5, 0.6) is 0 Å². The fourth-order valence-corrected chi connectivity index (χ4v) is 1.90. The van der Waals surface area contributed by atoms with Crippen LogP contribution < -0.4 is 5.32 Å². The number of nitrogens with zero attached hydrogens (tertiary/aromatic N) is 4. The monoisotopic (exact) mass is 273 g/mol. The van der Waals surface area contributed by atoms with Gasteiger partial charge in [0.15, 0.2) is 0 Å². The van der Waals surface area contributed by atoms with Gasteiger partial charge in [-0.25, -0.2) is 4.79 Å². The number of aromatic nitrogens is 3. The first-order valence-electron chi connectivity index (χ1n) is 6.63. The molecule has 0 aliphatic rings. The van der Waals surface area contributed by atoms with E-state index in [1.807, 2.05) is 19.1 Å². The van der Waals surface area contributed by atoms with Gasteiger partial charge in [-0.15, -0.1) is 0 Å². The van der Waals surface area contributed by atoms with E-state index >= 15 is 0 Å². The summed E-state index contributed by atoms with van der Waals surface area (Å²) in [5.74, 6) is 0.692. The molecule has 20 heavy (non-hydrogen) atoms. The quantitative estimate of drug-likeness (QED) is 0.905. The van der Waals surface area contributed by atoms with E-state index in [1.165, 1.54) is 5.56 Å². The van der Waals surface area contributed by atoms with Crippen molar-refractivity contribution in [2.45, 2.75) is 13.3 Å². The summed E-state index contributed by atoms with van der Waals surface area (Å²) in [6, 6.07) is 5.60. The first-order chi connectivity index (χ1) is 9.70. The lowest BCUT2D eigenvalue weighted by molar-refractivity contribution is 0.215. The first kappa shape index (κ1) is 14.0. The van der Waals surface area contributed by atoms with Crippen molar-refractivity contribution < 1.29 is 4.79 Å². The van der Waals surface area contributed by atoms with Gasteiger partial charge in [0.25, 0.3) is 0 Å². The summed E-state index contributed by atoms with van der Waals surface area (Å²) in [5, 5.41) is 6.88. The molecule has 0 aliphatic carbocycles. The molecule has 0 unspecified atom stereocenters. The highest BCUT2D eigenvalue weighted by Crippen LogP contribution is 2.06. The highest BCUT2D eigenvalue weighted by atomic mass is 16.2. The standard InChI is InChI=1S/C14H19N5O/c1-3-19(11-7-12-4-8-15-9-5-12)14(20)17-13-6-10-16-18(13)2/h4-6,8-10H,3,7,11H2,1-2H3,(H,17,20). The molecule has 0 aromatic carbocycles. The Bertz CT molecular complexity index is 552. The summed E-state index contributed by atoms with van der Waals surface area (Å²) < 4.78 is 1.63. The van der Waals surface area contributed by atoms with Crippen LogP contribution in [0.15, 0.2) is 36.8 Å². The van der Waals surface area contributed by atoms with Gasteiger partial charge in [-0.3, -0.25) is 15.0 Å². The second-order valence-electron chi connectivity index (χ2n) is 4.46. The highest BCUT2D eigenvalue weighted by Gasteiger charge is 2.12. The fraction of sp³-hybridized carbons (Fsp3) is 0.357. The molecule has 6 heteroatoms. The van der Waals surface area contributed by atoms with Crippen LogP contribution >= 0.6 is 0 Å². The van der Waals surface area contributed by atoms with Crippen molar-refractivity contribution in [3.8, 4) is 0 Å². The van der Waals surface area contributed by atoms with Gasteiger partial charge in [-0.2, -0.15) is 5.10 Å². The van der Waals surface area contributed by atoms with E-state index in [-0.39, 0.29) is 6.03 Å². The van der Waals surface area contributed by atoms with Gasteiger partial charge in [0.2, 0.25) is 0 Å². The lowest BCUT2D eigenvalue weighted by Gasteiger charge is -2.21. The molecule has 1 N–H and O–H groups in total. The maximum Gasteiger partial charge on any atom is 0.323 e. The van der Waals surface area contributed by atoms with Gasteiger partial charge in [-0.1, -0.05) is 0 Å². The number of carbonyl (C=O) groups excluding carboxylic acids is 1. The van der Waals surface area contributed by atoms with Crippen LogP contribution in [-0.4, -0.2) is 38.8 Å². The van der Waals surface area contributed by atoms with Crippen molar-refractivity contribution in [2.24, 2.45) is 7.05 Å². The summed E-state index contributed by atoms with van der Waals surface area (Å²) in [7, 11) is 1.79. The molecular weight excluding hydrogens is 254 g/mol. The number of rotatable bonds is 5. The summed E-state index contributed by atoms with van der Waals surface area (Å²) in [5.41, 5.74) is 1.17. The second kappa shape index (κ2) is 6.70. The third-order valence-corrected chi connectivity index (χ3v) is 3.14. The lowest BCUT2D eigenvalue weighted by Crippen LogP contribution is -2.36. The Labute approximate surface area is 118 Å². The van der Waals surface area contributed by atoms with E-state index in [1.54, 1.807) is 41.3 Å². The number of anilines is 1. The number of carbonyl (C=O) groups is 1. The topological polar surface area (TPSA) is 63.1 Å². The van der Waals surface area contributed by atoms with E-state index in [4.69, 9.17) is 0 Å². The molecule has 2 rings (SSSR count). The van der Waals surface area contributed by atoms with Crippen molar-refractivity contribution in [1.82, 2.24) is 19.7 Å². The van der Waals surface area contributed by atoms with E-state index in [0.717, 1.165) is 6.42 Å². The average Bonchev–Trinajstić information content (AvgIpc) is 2.86. The zero-order valence-corrected chi connectivity index (χ0v) is 11.8. The Hall–Kier alpha value is -2.37. The van der Waals surface area contributed by atoms with Crippen molar-refractivity contribution in [1.29, 1.82) is 0 Å². The smallest absolute Gasteiger partial charge is 0.323 e. The number of pyridine rings is 1. The Balaban J connectivity index is 1.91. The van der Waals surface area contributed by atoms with Crippen LogP contribution in [0.1, 0.15) is 12.5 Å². The van der Waals surface area contributed by atoms with E-state index in [0.29, 0.717) is 18.9 Å². The molecule has 0 aliphatic heterocycles. The average molecular weight is 273 g/mol. The number of urea groups is 1. The number of hydrogen-bond donors (Lipinski definition) is 1. The van der Waals surface area contributed by atoms with Crippen molar-refractivity contribution in [2.75, 3.05) is 18.4 Å². The van der Waals surface area contributed by atoms with Crippen LogP contribution in [-0.2, 0) is 13.5 Å². The van der Waals surface area contributed by atoms with Crippen molar-refractivity contribution in [3.63, 3.8) is 0 Å². The molecule has 0 bridgehead atoms. The lowest BCUT2D eigenvalue weighted by atomic mass is 10.2. The van der Waals surface area contributed by atoms with Crippen LogP contribution in [0.2, 0.25) is 0 Å². The minimum Gasteiger partial charge on any atom is -0.324 e. The molecule has 2 aromatic heterocycles. The predicted molar refractivity (Wildman–Crippen MR) is 77.4 cm³/mol. The molecule has 0 radical (unpaired) electrons. The minimum absolute atomic E-state index is 0.106. The summed E-state index contributed by atoms with van der Waals surface area (Å²) >= 11 is 0. The number of hydrogen-bond acceptors (Lipinski definition) is 3. The Morgan fingerprint density at radius 2 is 2.05 bits per heavy atom. The second-order valence-corrected chi connectivity index (χ2v) is 4.46. The third kappa shape index (κ3) is 3.57. The zero-order chi connectivity index (χ0) is 14.4. The predicted octanol–water partition coefficient (Wildman–Crippen LogP) is 1.91. The molecule has 0 spiro atoms. The molecule has 2 aromatic rings. The van der Waals surface area contributed by atoms with E-state index in [2.05, 4.69) is 15.4 Å². The molecule has 2 amide bonds. The molecule has 0 fully saturated rings. The minimum atomic E-state index is -0.106. The number of amides is 2. The Morgan fingerprint density at radius 1 is 1.30 bits per heavy atom.